The Morgan fingerprint density at radius 3 is 2.31 bits per heavy atom. The summed E-state index contributed by atoms with van der Waals surface area (Å²) in [5.74, 6) is -0.352. The molecule has 0 fully saturated rings. The SMILES string of the molecule is COC(=O)C1=C[C@@H](C(C)(O)c2ccc(Cl)cc2)[C@H](C(O)c2ccc(OC)cc2)S1. The topological polar surface area (TPSA) is 76.0 Å². The van der Waals surface area contributed by atoms with Gasteiger partial charge in [0.15, 0.2) is 0 Å². The highest BCUT2D eigenvalue weighted by molar-refractivity contribution is 8.04. The number of carbonyl (C=O) groups excluding carboxylic acids is 1. The van der Waals surface area contributed by atoms with Crippen LogP contribution in [0, 0.1) is 5.92 Å². The number of thioether (sulfide) groups is 1. The van der Waals surface area contributed by atoms with Crippen molar-refractivity contribution < 1.29 is 24.5 Å². The Kier molecular flexibility index (Phi) is 6.58. The van der Waals surface area contributed by atoms with Crippen LogP contribution in [0.25, 0.3) is 0 Å². The van der Waals surface area contributed by atoms with Gasteiger partial charge in [0, 0.05) is 16.2 Å². The highest BCUT2D eigenvalue weighted by Gasteiger charge is 2.46. The fraction of sp³-hybridized carbons (Fsp3) is 0.318. The number of carbonyl (C=O) groups is 1. The minimum absolute atomic E-state index is 0.365. The third-order valence-electron chi connectivity index (χ3n) is 5.18. The van der Waals surface area contributed by atoms with Gasteiger partial charge in [-0.05, 0) is 42.3 Å². The second-order valence-corrected chi connectivity index (χ2v) is 8.66. The molecule has 2 aromatic carbocycles. The number of hydrogen-bond donors (Lipinski definition) is 2. The Morgan fingerprint density at radius 2 is 1.76 bits per heavy atom. The van der Waals surface area contributed by atoms with E-state index >= 15 is 0 Å². The predicted octanol–water partition coefficient (Wildman–Crippen LogP) is 4.08. The third-order valence-corrected chi connectivity index (χ3v) is 6.81. The molecule has 0 saturated carbocycles. The molecule has 29 heavy (non-hydrogen) atoms. The fourth-order valence-electron chi connectivity index (χ4n) is 3.45. The molecule has 0 radical (unpaired) electrons. The Morgan fingerprint density at radius 1 is 1.14 bits per heavy atom. The largest absolute Gasteiger partial charge is 0.497 e. The normalized spacial score (nSPS) is 21.8. The van der Waals surface area contributed by atoms with E-state index in [0.717, 1.165) is 0 Å². The van der Waals surface area contributed by atoms with Gasteiger partial charge in [-0.25, -0.2) is 4.79 Å². The summed E-state index contributed by atoms with van der Waals surface area (Å²) in [5, 5.41) is 22.6. The molecule has 0 amide bonds. The lowest BCUT2D eigenvalue weighted by Crippen LogP contribution is -2.38. The molecule has 1 heterocycles. The molecule has 5 nitrogen and oxygen atoms in total. The van der Waals surface area contributed by atoms with Gasteiger partial charge in [0.2, 0.25) is 0 Å². The molecule has 0 saturated heterocycles. The van der Waals surface area contributed by atoms with Crippen LogP contribution < -0.4 is 4.74 Å². The average molecular weight is 435 g/mol. The molecule has 7 heteroatoms. The number of aliphatic hydroxyl groups is 2. The van der Waals surface area contributed by atoms with Gasteiger partial charge in [-0.1, -0.05) is 41.9 Å². The number of benzene rings is 2. The van der Waals surface area contributed by atoms with Gasteiger partial charge in [0.05, 0.1) is 30.8 Å². The van der Waals surface area contributed by atoms with Crippen LogP contribution in [0.5, 0.6) is 5.75 Å². The smallest absolute Gasteiger partial charge is 0.344 e. The molecule has 4 atom stereocenters. The second kappa shape index (κ2) is 8.79. The number of aliphatic hydroxyl groups excluding tert-OH is 1. The lowest BCUT2D eigenvalue weighted by Gasteiger charge is -2.35. The van der Waals surface area contributed by atoms with E-state index in [1.807, 2.05) is 0 Å². The Balaban J connectivity index is 1.97. The zero-order chi connectivity index (χ0) is 21.2. The monoisotopic (exact) mass is 434 g/mol. The van der Waals surface area contributed by atoms with E-state index in [1.165, 1.54) is 18.9 Å². The molecular formula is C22H23ClO5S. The van der Waals surface area contributed by atoms with Crippen molar-refractivity contribution in [3.05, 3.63) is 75.7 Å². The van der Waals surface area contributed by atoms with Crippen molar-refractivity contribution in [2.45, 2.75) is 23.9 Å². The van der Waals surface area contributed by atoms with Crippen LogP contribution in [0.15, 0.2) is 59.5 Å². The molecule has 1 aliphatic rings. The molecule has 2 unspecified atom stereocenters. The minimum Gasteiger partial charge on any atom is -0.497 e. The lowest BCUT2D eigenvalue weighted by molar-refractivity contribution is -0.135. The van der Waals surface area contributed by atoms with E-state index in [1.54, 1.807) is 68.6 Å². The van der Waals surface area contributed by atoms with Crippen molar-refractivity contribution in [1.82, 2.24) is 0 Å². The van der Waals surface area contributed by atoms with Gasteiger partial charge in [-0.15, -0.1) is 11.8 Å². The highest BCUT2D eigenvalue weighted by Crippen LogP contribution is 2.50. The van der Waals surface area contributed by atoms with E-state index in [-0.39, 0.29) is 0 Å². The molecular weight excluding hydrogens is 412 g/mol. The second-order valence-electron chi connectivity index (χ2n) is 7.00. The molecule has 1 aliphatic heterocycles. The fourth-order valence-corrected chi connectivity index (χ4v) is 5.05. The van der Waals surface area contributed by atoms with Crippen molar-refractivity contribution in [3.63, 3.8) is 0 Å². The first-order valence-electron chi connectivity index (χ1n) is 9.05. The summed E-state index contributed by atoms with van der Waals surface area (Å²) < 4.78 is 10.0. The molecule has 0 aromatic heterocycles. The maximum absolute atomic E-state index is 12.1. The number of hydrogen-bond acceptors (Lipinski definition) is 6. The van der Waals surface area contributed by atoms with E-state index in [9.17, 15) is 15.0 Å². The molecule has 0 bridgehead atoms. The Bertz CT molecular complexity index is 892. The van der Waals surface area contributed by atoms with Crippen LogP contribution in [0.3, 0.4) is 0 Å². The first-order chi connectivity index (χ1) is 13.8. The van der Waals surface area contributed by atoms with Crippen LogP contribution in [0.4, 0.5) is 0 Å². The standard InChI is InChI=1S/C22H23ClO5S/c1-22(26,14-6-8-15(23)9-7-14)17-12-18(21(25)28-3)29-20(17)19(24)13-4-10-16(27-2)11-5-13/h4-12,17,19-20,24,26H,1-3H3/t17-,19?,20-,22?/m1/s1. The summed E-state index contributed by atoms with van der Waals surface area (Å²) in [7, 11) is 2.88. The molecule has 2 aromatic rings. The highest BCUT2D eigenvalue weighted by atomic mass is 35.5. The maximum Gasteiger partial charge on any atom is 0.344 e. The van der Waals surface area contributed by atoms with Crippen LogP contribution in [0.1, 0.15) is 24.2 Å². The number of methoxy groups -OCH3 is 2. The van der Waals surface area contributed by atoms with Crippen molar-refractivity contribution in [3.8, 4) is 5.75 Å². The van der Waals surface area contributed by atoms with Crippen molar-refractivity contribution >= 4 is 29.3 Å². The van der Waals surface area contributed by atoms with Gasteiger partial charge >= 0.3 is 5.97 Å². The minimum atomic E-state index is -1.34. The first-order valence-corrected chi connectivity index (χ1v) is 10.3. The van der Waals surface area contributed by atoms with Crippen molar-refractivity contribution in [2.24, 2.45) is 5.92 Å². The van der Waals surface area contributed by atoms with Gasteiger partial charge in [-0.2, -0.15) is 0 Å². The average Bonchev–Trinajstić information content (AvgIpc) is 3.19. The van der Waals surface area contributed by atoms with Crippen LogP contribution in [-0.2, 0) is 15.1 Å². The molecule has 0 spiro atoms. The number of esters is 1. The van der Waals surface area contributed by atoms with Gasteiger partial charge in [0.25, 0.3) is 0 Å². The quantitative estimate of drug-likeness (QED) is 0.667. The van der Waals surface area contributed by atoms with E-state index in [2.05, 4.69) is 0 Å². The number of halogens is 1. The maximum atomic E-state index is 12.1. The molecule has 3 rings (SSSR count). The van der Waals surface area contributed by atoms with E-state index in [4.69, 9.17) is 21.1 Å². The summed E-state index contributed by atoms with van der Waals surface area (Å²) in [5.41, 5.74) is -0.0348. The summed E-state index contributed by atoms with van der Waals surface area (Å²) in [6.07, 6.45) is 0.760. The summed E-state index contributed by atoms with van der Waals surface area (Å²) >= 11 is 7.19. The lowest BCUT2D eigenvalue weighted by atomic mass is 9.78. The van der Waals surface area contributed by atoms with Gasteiger partial charge < -0.3 is 19.7 Å². The molecule has 0 aliphatic carbocycles. The third kappa shape index (κ3) is 4.46. The first kappa shape index (κ1) is 21.7. The van der Waals surface area contributed by atoms with Crippen LogP contribution >= 0.6 is 23.4 Å². The van der Waals surface area contributed by atoms with Crippen LogP contribution in [-0.4, -0.2) is 35.7 Å². The molecule has 2 N–H and O–H groups in total. The predicted molar refractivity (Wildman–Crippen MR) is 114 cm³/mol. The van der Waals surface area contributed by atoms with E-state index in [0.29, 0.717) is 26.8 Å². The zero-order valence-electron chi connectivity index (χ0n) is 16.3. The molecule has 154 valence electrons. The Hall–Kier alpha value is -1.99. The zero-order valence-corrected chi connectivity index (χ0v) is 17.9. The Labute approximate surface area is 179 Å². The number of ether oxygens (including phenoxy) is 2. The van der Waals surface area contributed by atoms with Crippen molar-refractivity contribution in [1.29, 1.82) is 0 Å². The summed E-state index contributed by atoms with van der Waals surface area (Å²) in [6, 6.07) is 14.0. The van der Waals surface area contributed by atoms with Crippen LogP contribution in [0.2, 0.25) is 5.02 Å². The number of rotatable bonds is 6. The van der Waals surface area contributed by atoms with Gasteiger partial charge in [0.1, 0.15) is 5.75 Å². The summed E-state index contributed by atoms with van der Waals surface area (Å²) in [6.45, 7) is 1.67. The van der Waals surface area contributed by atoms with E-state index < -0.39 is 28.8 Å². The van der Waals surface area contributed by atoms with Gasteiger partial charge in [-0.3, -0.25) is 0 Å². The summed E-state index contributed by atoms with van der Waals surface area (Å²) in [4.78, 5) is 12.5. The van der Waals surface area contributed by atoms with Crippen molar-refractivity contribution in [2.75, 3.05) is 14.2 Å².